The smallest absolute Gasteiger partial charge is 0.280 e. The summed E-state index contributed by atoms with van der Waals surface area (Å²) >= 11 is 0. The molecular formula is C11H15N3O2. The standard InChI is InChI=1S/C11H15N3O2/c1-11(2,3)13-10(12)8-6-4-5-7-9(8)14(15)16/h4-7H,1-3H3,(H2,12,13). The zero-order valence-electron chi connectivity index (χ0n) is 9.60. The van der Waals surface area contributed by atoms with Gasteiger partial charge in [0, 0.05) is 6.07 Å². The molecule has 0 aliphatic carbocycles. The number of nitro groups is 1. The molecule has 5 nitrogen and oxygen atoms in total. The largest absolute Gasteiger partial charge is 0.383 e. The summed E-state index contributed by atoms with van der Waals surface area (Å²) in [5, 5.41) is 10.8. The fraction of sp³-hybridized carbons (Fsp3) is 0.364. The van der Waals surface area contributed by atoms with E-state index in [2.05, 4.69) is 4.99 Å². The molecule has 1 aromatic carbocycles. The summed E-state index contributed by atoms with van der Waals surface area (Å²) in [5.74, 6) is 0.194. The van der Waals surface area contributed by atoms with Crippen LogP contribution in [0.3, 0.4) is 0 Å². The van der Waals surface area contributed by atoms with Crippen LogP contribution in [0.2, 0.25) is 0 Å². The van der Waals surface area contributed by atoms with Crippen LogP contribution in [0.5, 0.6) is 0 Å². The Hall–Kier alpha value is -1.91. The minimum atomic E-state index is -0.458. The van der Waals surface area contributed by atoms with Gasteiger partial charge in [-0.25, -0.2) is 0 Å². The molecule has 86 valence electrons. The van der Waals surface area contributed by atoms with Crippen LogP contribution in [0, 0.1) is 10.1 Å². The summed E-state index contributed by atoms with van der Waals surface area (Å²) in [6, 6.07) is 6.32. The Morgan fingerprint density at radius 3 is 2.44 bits per heavy atom. The van der Waals surface area contributed by atoms with Gasteiger partial charge < -0.3 is 5.73 Å². The summed E-state index contributed by atoms with van der Waals surface area (Å²) in [4.78, 5) is 14.5. The number of hydrogen-bond donors (Lipinski definition) is 1. The molecule has 0 spiro atoms. The molecule has 0 fully saturated rings. The van der Waals surface area contributed by atoms with Crippen LogP contribution in [-0.4, -0.2) is 16.3 Å². The second-order valence-electron chi connectivity index (χ2n) is 4.44. The van der Waals surface area contributed by atoms with E-state index < -0.39 is 4.92 Å². The molecule has 0 aromatic heterocycles. The summed E-state index contributed by atoms with van der Waals surface area (Å²) in [5.41, 5.74) is 5.75. The van der Waals surface area contributed by atoms with Crippen molar-refractivity contribution in [3.05, 3.63) is 39.9 Å². The highest BCUT2D eigenvalue weighted by Gasteiger charge is 2.17. The van der Waals surface area contributed by atoms with Gasteiger partial charge in [-0.2, -0.15) is 0 Å². The van der Waals surface area contributed by atoms with Gasteiger partial charge >= 0.3 is 0 Å². The number of hydrogen-bond acceptors (Lipinski definition) is 3. The van der Waals surface area contributed by atoms with E-state index in [4.69, 9.17) is 5.73 Å². The van der Waals surface area contributed by atoms with E-state index in [0.29, 0.717) is 5.56 Å². The van der Waals surface area contributed by atoms with Crippen molar-refractivity contribution in [2.75, 3.05) is 0 Å². The molecule has 0 unspecified atom stereocenters. The van der Waals surface area contributed by atoms with E-state index >= 15 is 0 Å². The molecule has 1 rings (SSSR count). The third kappa shape index (κ3) is 3.05. The van der Waals surface area contributed by atoms with Crippen molar-refractivity contribution in [3.8, 4) is 0 Å². The van der Waals surface area contributed by atoms with Crippen LogP contribution in [0.1, 0.15) is 26.3 Å². The van der Waals surface area contributed by atoms with Crippen LogP contribution < -0.4 is 5.73 Å². The van der Waals surface area contributed by atoms with Crippen molar-refractivity contribution < 1.29 is 4.92 Å². The molecule has 0 saturated heterocycles. The quantitative estimate of drug-likeness (QED) is 0.359. The number of para-hydroxylation sites is 1. The number of rotatable bonds is 2. The van der Waals surface area contributed by atoms with E-state index in [0.717, 1.165) is 0 Å². The highest BCUT2D eigenvalue weighted by molar-refractivity contribution is 6.01. The molecule has 1 aromatic rings. The summed E-state index contributed by atoms with van der Waals surface area (Å²) in [6.45, 7) is 5.65. The van der Waals surface area contributed by atoms with Gasteiger partial charge in [0.15, 0.2) is 0 Å². The van der Waals surface area contributed by atoms with Crippen molar-refractivity contribution in [3.63, 3.8) is 0 Å². The Kier molecular flexibility index (Phi) is 3.27. The van der Waals surface area contributed by atoms with E-state index in [1.54, 1.807) is 18.2 Å². The number of amidine groups is 1. The molecular weight excluding hydrogens is 206 g/mol. The minimum Gasteiger partial charge on any atom is -0.383 e. The Morgan fingerprint density at radius 2 is 1.94 bits per heavy atom. The van der Waals surface area contributed by atoms with Crippen molar-refractivity contribution in [1.29, 1.82) is 0 Å². The SMILES string of the molecule is CC(C)(C)N=C(N)c1ccccc1[N+](=O)[O-]. The van der Waals surface area contributed by atoms with Crippen molar-refractivity contribution in [2.45, 2.75) is 26.3 Å². The van der Waals surface area contributed by atoms with Crippen LogP contribution in [0.15, 0.2) is 29.3 Å². The number of benzene rings is 1. The fourth-order valence-electron chi connectivity index (χ4n) is 1.27. The highest BCUT2D eigenvalue weighted by atomic mass is 16.6. The van der Waals surface area contributed by atoms with E-state index in [9.17, 15) is 10.1 Å². The van der Waals surface area contributed by atoms with Crippen molar-refractivity contribution in [2.24, 2.45) is 10.7 Å². The first-order chi connectivity index (χ1) is 7.31. The number of nitrogens with zero attached hydrogens (tertiary/aromatic N) is 2. The predicted octanol–water partition coefficient (Wildman–Crippen LogP) is 2.10. The topological polar surface area (TPSA) is 81.5 Å². The van der Waals surface area contributed by atoms with Gasteiger partial charge in [0.05, 0.1) is 16.0 Å². The third-order valence-electron chi connectivity index (χ3n) is 1.83. The molecule has 0 atom stereocenters. The van der Waals surface area contributed by atoms with Crippen LogP contribution in [0.25, 0.3) is 0 Å². The minimum absolute atomic E-state index is 0.0204. The molecule has 2 N–H and O–H groups in total. The van der Waals surface area contributed by atoms with E-state index in [1.165, 1.54) is 6.07 Å². The first-order valence-corrected chi connectivity index (χ1v) is 4.90. The zero-order chi connectivity index (χ0) is 12.3. The average Bonchev–Trinajstić information content (AvgIpc) is 2.15. The summed E-state index contributed by atoms with van der Waals surface area (Å²) < 4.78 is 0. The van der Waals surface area contributed by atoms with Crippen LogP contribution in [-0.2, 0) is 0 Å². The lowest BCUT2D eigenvalue weighted by atomic mass is 10.1. The molecule has 0 amide bonds. The van der Waals surface area contributed by atoms with Gasteiger partial charge in [0.2, 0.25) is 0 Å². The Bertz CT molecular complexity index is 433. The summed E-state index contributed by atoms with van der Waals surface area (Å²) in [7, 11) is 0. The lowest BCUT2D eigenvalue weighted by molar-refractivity contribution is -0.385. The van der Waals surface area contributed by atoms with Crippen LogP contribution in [0.4, 0.5) is 5.69 Å². The first-order valence-electron chi connectivity index (χ1n) is 4.90. The van der Waals surface area contributed by atoms with E-state index in [-0.39, 0.29) is 17.1 Å². The lowest BCUT2D eigenvalue weighted by Gasteiger charge is -2.13. The fourth-order valence-corrected chi connectivity index (χ4v) is 1.27. The third-order valence-corrected chi connectivity index (χ3v) is 1.83. The maximum absolute atomic E-state index is 10.8. The number of nitrogens with two attached hydrogens (primary N) is 1. The number of aliphatic imine (C=N–C) groups is 1. The van der Waals surface area contributed by atoms with Crippen molar-refractivity contribution in [1.82, 2.24) is 0 Å². The predicted molar refractivity (Wildman–Crippen MR) is 63.6 cm³/mol. The molecule has 0 bridgehead atoms. The molecule has 0 heterocycles. The van der Waals surface area contributed by atoms with Gasteiger partial charge in [-0.1, -0.05) is 12.1 Å². The van der Waals surface area contributed by atoms with Gasteiger partial charge in [0.25, 0.3) is 5.69 Å². The Labute approximate surface area is 94.1 Å². The molecule has 0 aliphatic rings. The van der Waals surface area contributed by atoms with Crippen LogP contribution >= 0.6 is 0 Å². The lowest BCUT2D eigenvalue weighted by Crippen LogP contribution is -2.22. The monoisotopic (exact) mass is 221 g/mol. The zero-order valence-corrected chi connectivity index (χ0v) is 9.60. The molecule has 16 heavy (non-hydrogen) atoms. The second kappa shape index (κ2) is 4.30. The van der Waals surface area contributed by atoms with E-state index in [1.807, 2.05) is 20.8 Å². The highest BCUT2D eigenvalue weighted by Crippen LogP contribution is 2.18. The van der Waals surface area contributed by atoms with Gasteiger partial charge in [-0.15, -0.1) is 0 Å². The molecule has 0 saturated carbocycles. The Balaban J connectivity index is 3.24. The van der Waals surface area contributed by atoms with Gasteiger partial charge in [-0.05, 0) is 26.8 Å². The molecule has 0 radical (unpaired) electrons. The first kappa shape index (κ1) is 12.2. The maximum atomic E-state index is 10.8. The molecule has 5 heteroatoms. The maximum Gasteiger partial charge on any atom is 0.280 e. The van der Waals surface area contributed by atoms with Crippen molar-refractivity contribution >= 4 is 11.5 Å². The normalized spacial score (nSPS) is 12.6. The average molecular weight is 221 g/mol. The summed E-state index contributed by atoms with van der Waals surface area (Å²) in [6.07, 6.45) is 0. The van der Waals surface area contributed by atoms with Gasteiger partial charge in [0.1, 0.15) is 5.84 Å². The Morgan fingerprint density at radius 1 is 1.38 bits per heavy atom. The number of nitro benzene ring substituents is 1. The molecule has 0 aliphatic heterocycles. The second-order valence-corrected chi connectivity index (χ2v) is 4.44. The van der Waals surface area contributed by atoms with Gasteiger partial charge in [-0.3, -0.25) is 15.1 Å².